The van der Waals surface area contributed by atoms with Crippen molar-refractivity contribution in [2.75, 3.05) is 13.2 Å². The zero-order valence-corrected chi connectivity index (χ0v) is 10.6. The van der Waals surface area contributed by atoms with Gasteiger partial charge >= 0.3 is 0 Å². The molecule has 0 radical (unpaired) electrons. The molecule has 2 unspecified atom stereocenters. The van der Waals surface area contributed by atoms with Gasteiger partial charge in [0.2, 0.25) is 0 Å². The van der Waals surface area contributed by atoms with Gasteiger partial charge in [0.25, 0.3) is 0 Å². The van der Waals surface area contributed by atoms with Crippen LogP contribution in [0.15, 0.2) is 18.3 Å². The number of nitrogens with zero attached hydrogens (tertiary/aromatic N) is 1. The van der Waals surface area contributed by atoms with Crippen molar-refractivity contribution in [1.29, 1.82) is 0 Å². The van der Waals surface area contributed by atoms with Crippen LogP contribution in [0.5, 0.6) is 0 Å². The molecule has 0 aromatic carbocycles. The quantitative estimate of drug-likeness (QED) is 0.745. The van der Waals surface area contributed by atoms with Crippen molar-refractivity contribution in [3.05, 3.63) is 24.0 Å². The summed E-state index contributed by atoms with van der Waals surface area (Å²) < 4.78 is 2.23. The maximum absolute atomic E-state index is 9.08. The minimum atomic E-state index is 0.244. The summed E-state index contributed by atoms with van der Waals surface area (Å²) in [5, 5.41) is 12.6. The standard InChI is InChI=1S/C13H24N2O/c1-4-7-14-12(3)13-6-5-8-15(13)9-11(2)10-16/h5-6,8,11-12,14,16H,4,7,9-10H2,1-3H3. The van der Waals surface area contributed by atoms with Gasteiger partial charge in [-0.3, -0.25) is 0 Å². The molecule has 0 fully saturated rings. The molecule has 0 aliphatic carbocycles. The van der Waals surface area contributed by atoms with Crippen molar-refractivity contribution in [2.24, 2.45) is 5.92 Å². The molecule has 2 atom stereocenters. The van der Waals surface area contributed by atoms with Gasteiger partial charge in [-0.15, -0.1) is 0 Å². The van der Waals surface area contributed by atoms with Gasteiger partial charge in [-0.1, -0.05) is 13.8 Å². The largest absolute Gasteiger partial charge is 0.396 e. The van der Waals surface area contributed by atoms with Crippen molar-refractivity contribution >= 4 is 0 Å². The highest BCUT2D eigenvalue weighted by Crippen LogP contribution is 2.15. The average molecular weight is 224 g/mol. The van der Waals surface area contributed by atoms with E-state index in [2.05, 4.69) is 49.0 Å². The summed E-state index contributed by atoms with van der Waals surface area (Å²) in [5.41, 5.74) is 1.30. The van der Waals surface area contributed by atoms with Gasteiger partial charge in [-0.2, -0.15) is 0 Å². The van der Waals surface area contributed by atoms with Gasteiger partial charge in [0.1, 0.15) is 0 Å². The van der Waals surface area contributed by atoms with E-state index in [-0.39, 0.29) is 6.61 Å². The maximum Gasteiger partial charge on any atom is 0.0473 e. The maximum atomic E-state index is 9.08. The number of rotatable bonds is 7. The molecule has 0 bridgehead atoms. The zero-order chi connectivity index (χ0) is 12.0. The lowest BCUT2D eigenvalue weighted by Crippen LogP contribution is -2.23. The monoisotopic (exact) mass is 224 g/mol. The van der Waals surface area contributed by atoms with E-state index in [4.69, 9.17) is 5.11 Å². The third-order valence-electron chi connectivity index (χ3n) is 2.83. The van der Waals surface area contributed by atoms with Gasteiger partial charge in [-0.05, 0) is 37.9 Å². The van der Waals surface area contributed by atoms with Crippen molar-refractivity contribution in [3.8, 4) is 0 Å². The minimum absolute atomic E-state index is 0.244. The van der Waals surface area contributed by atoms with Crippen LogP contribution in [-0.4, -0.2) is 22.8 Å². The van der Waals surface area contributed by atoms with Gasteiger partial charge < -0.3 is 15.0 Å². The lowest BCUT2D eigenvalue weighted by molar-refractivity contribution is 0.221. The van der Waals surface area contributed by atoms with E-state index in [1.54, 1.807) is 0 Å². The van der Waals surface area contributed by atoms with Crippen LogP contribution in [0.1, 0.15) is 38.9 Å². The van der Waals surface area contributed by atoms with E-state index < -0.39 is 0 Å². The Kier molecular flexibility index (Phi) is 5.56. The molecule has 92 valence electrons. The second kappa shape index (κ2) is 6.71. The van der Waals surface area contributed by atoms with Crippen LogP contribution >= 0.6 is 0 Å². The van der Waals surface area contributed by atoms with Crippen LogP contribution in [0.3, 0.4) is 0 Å². The number of nitrogens with one attached hydrogen (secondary N) is 1. The molecule has 0 amide bonds. The highest BCUT2D eigenvalue weighted by Gasteiger charge is 2.10. The first-order valence-corrected chi connectivity index (χ1v) is 6.18. The minimum Gasteiger partial charge on any atom is -0.396 e. The van der Waals surface area contributed by atoms with Gasteiger partial charge in [0.15, 0.2) is 0 Å². The zero-order valence-electron chi connectivity index (χ0n) is 10.6. The Balaban J connectivity index is 2.62. The summed E-state index contributed by atoms with van der Waals surface area (Å²) in [7, 11) is 0. The van der Waals surface area contributed by atoms with E-state index in [0.29, 0.717) is 12.0 Å². The predicted molar refractivity (Wildman–Crippen MR) is 67.4 cm³/mol. The van der Waals surface area contributed by atoms with Crippen molar-refractivity contribution in [2.45, 2.75) is 39.8 Å². The highest BCUT2D eigenvalue weighted by molar-refractivity contribution is 5.11. The fourth-order valence-electron chi connectivity index (χ4n) is 1.85. The van der Waals surface area contributed by atoms with Crippen LogP contribution < -0.4 is 5.32 Å². The molecule has 3 heteroatoms. The smallest absolute Gasteiger partial charge is 0.0473 e. The van der Waals surface area contributed by atoms with E-state index in [0.717, 1.165) is 19.5 Å². The first kappa shape index (κ1) is 13.3. The molecule has 0 saturated carbocycles. The molecule has 16 heavy (non-hydrogen) atoms. The van der Waals surface area contributed by atoms with Gasteiger partial charge in [0, 0.05) is 31.1 Å². The number of aliphatic hydroxyl groups is 1. The van der Waals surface area contributed by atoms with E-state index in [9.17, 15) is 0 Å². The Morgan fingerprint density at radius 1 is 1.44 bits per heavy atom. The normalized spacial score (nSPS) is 15.0. The summed E-state index contributed by atoms with van der Waals surface area (Å²) in [6.07, 6.45) is 3.24. The molecule has 1 aromatic heterocycles. The molecule has 1 aromatic rings. The summed E-state index contributed by atoms with van der Waals surface area (Å²) in [4.78, 5) is 0. The molecule has 2 N–H and O–H groups in total. The number of hydrogen-bond donors (Lipinski definition) is 2. The summed E-state index contributed by atoms with van der Waals surface area (Å²) in [6.45, 7) is 8.60. The van der Waals surface area contributed by atoms with Crippen LogP contribution in [0.25, 0.3) is 0 Å². The van der Waals surface area contributed by atoms with Crippen LogP contribution in [0, 0.1) is 5.92 Å². The van der Waals surface area contributed by atoms with Crippen LogP contribution in [-0.2, 0) is 6.54 Å². The van der Waals surface area contributed by atoms with E-state index in [1.165, 1.54) is 5.69 Å². The predicted octanol–water partition coefficient (Wildman–Crippen LogP) is 2.18. The van der Waals surface area contributed by atoms with E-state index >= 15 is 0 Å². The number of aliphatic hydroxyl groups excluding tert-OH is 1. The highest BCUT2D eigenvalue weighted by atomic mass is 16.3. The Bertz CT molecular complexity index is 296. The Labute approximate surface area is 98.5 Å². The molecule has 0 spiro atoms. The lowest BCUT2D eigenvalue weighted by Gasteiger charge is -2.18. The number of hydrogen-bond acceptors (Lipinski definition) is 2. The van der Waals surface area contributed by atoms with Crippen molar-refractivity contribution in [1.82, 2.24) is 9.88 Å². The molecular weight excluding hydrogens is 200 g/mol. The van der Waals surface area contributed by atoms with Crippen molar-refractivity contribution < 1.29 is 5.11 Å². The van der Waals surface area contributed by atoms with Crippen molar-refractivity contribution in [3.63, 3.8) is 0 Å². The van der Waals surface area contributed by atoms with Gasteiger partial charge in [-0.25, -0.2) is 0 Å². The Morgan fingerprint density at radius 2 is 2.19 bits per heavy atom. The Hall–Kier alpha value is -0.800. The lowest BCUT2D eigenvalue weighted by atomic mass is 10.2. The first-order chi connectivity index (χ1) is 7.69. The second-order valence-electron chi connectivity index (χ2n) is 4.55. The Morgan fingerprint density at radius 3 is 2.81 bits per heavy atom. The third kappa shape index (κ3) is 3.65. The SMILES string of the molecule is CCCNC(C)c1cccn1CC(C)CO. The molecule has 1 rings (SSSR count). The molecule has 0 aliphatic rings. The third-order valence-corrected chi connectivity index (χ3v) is 2.83. The molecular formula is C13H24N2O. The van der Waals surface area contributed by atoms with Crippen LogP contribution in [0.4, 0.5) is 0 Å². The molecule has 3 nitrogen and oxygen atoms in total. The summed E-state index contributed by atoms with van der Waals surface area (Å²) in [6, 6.07) is 4.60. The van der Waals surface area contributed by atoms with E-state index in [1.807, 2.05) is 0 Å². The fraction of sp³-hybridized carbons (Fsp3) is 0.692. The molecule has 0 saturated heterocycles. The molecule has 1 heterocycles. The fourth-order valence-corrected chi connectivity index (χ4v) is 1.85. The summed E-state index contributed by atoms with van der Waals surface area (Å²) in [5.74, 6) is 0.310. The summed E-state index contributed by atoms with van der Waals surface area (Å²) >= 11 is 0. The molecule has 0 aliphatic heterocycles. The average Bonchev–Trinajstić information content (AvgIpc) is 2.73. The number of aromatic nitrogens is 1. The van der Waals surface area contributed by atoms with Gasteiger partial charge in [0.05, 0.1) is 0 Å². The topological polar surface area (TPSA) is 37.2 Å². The first-order valence-electron chi connectivity index (χ1n) is 6.18. The second-order valence-corrected chi connectivity index (χ2v) is 4.55. The van der Waals surface area contributed by atoms with Crippen LogP contribution in [0.2, 0.25) is 0 Å².